The van der Waals surface area contributed by atoms with Crippen LogP contribution in [0.4, 0.5) is 0 Å². The van der Waals surface area contributed by atoms with Gasteiger partial charge in [0.05, 0.1) is 4.90 Å². The van der Waals surface area contributed by atoms with Crippen LogP contribution in [0.5, 0.6) is 0 Å². The average Bonchev–Trinajstić information content (AvgIpc) is 2.66. The van der Waals surface area contributed by atoms with Crippen LogP contribution in [0.15, 0.2) is 53.4 Å². The number of ether oxygens (including phenoxy) is 1. The average molecular weight is 404 g/mol. The van der Waals surface area contributed by atoms with Crippen molar-refractivity contribution >= 4 is 21.9 Å². The summed E-state index contributed by atoms with van der Waals surface area (Å²) in [4.78, 5) is 24.5. The number of amides is 1. The Bertz CT molecular complexity index is 953. The first kappa shape index (κ1) is 21.6. The summed E-state index contributed by atoms with van der Waals surface area (Å²) in [5, 5.41) is 2.55. The lowest BCUT2D eigenvalue weighted by atomic mass is 10.1. The number of rotatable bonds is 7. The van der Waals surface area contributed by atoms with Crippen molar-refractivity contribution in [1.82, 2.24) is 9.62 Å². The standard InChI is InChI=1S/C20H24N2O5S/c1-14-7-5-6-8-17(14)13-27-20(24)15(2)21-19(23)16-9-11-18(12-10-16)28(25,26)22(3)4/h5-12,15H,13H2,1-4H3,(H,21,23)/t15-/m1/s1. The number of nitrogens with one attached hydrogen (secondary N) is 1. The zero-order valence-corrected chi connectivity index (χ0v) is 17.1. The zero-order valence-electron chi connectivity index (χ0n) is 16.3. The summed E-state index contributed by atoms with van der Waals surface area (Å²) in [6, 6.07) is 12.2. The number of hydrogen-bond donors (Lipinski definition) is 1. The van der Waals surface area contributed by atoms with Crippen LogP contribution < -0.4 is 5.32 Å². The van der Waals surface area contributed by atoms with Crippen molar-refractivity contribution in [2.45, 2.75) is 31.4 Å². The van der Waals surface area contributed by atoms with Gasteiger partial charge in [0, 0.05) is 19.7 Å². The molecule has 2 rings (SSSR count). The molecule has 0 aliphatic rings. The Morgan fingerprint density at radius 2 is 1.68 bits per heavy atom. The second-order valence-corrected chi connectivity index (χ2v) is 8.69. The molecule has 1 atom stereocenters. The lowest BCUT2D eigenvalue weighted by Crippen LogP contribution is -2.39. The second kappa shape index (κ2) is 8.99. The van der Waals surface area contributed by atoms with E-state index in [-0.39, 0.29) is 17.1 Å². The number of sulfonamides is 1. The van der Waals surface area contributed by atoms with E-state index in [0.29, 0.717) is 0 Å². The van der Waals surface area contributed by atoms with E-state index in [1.807, 2.05) is 31.2 Å². The van der Waals surface area contributed by atoms with E-state index in [1.165, 1.54) is 45.3 Å². The molecule has 150 valence electrons. The summed E-state index contributed by atoms with van der Waals surface area (Å²) in [7, 11) is -0.704. The highest BCUT2D eigenvalue weighted by Gasteiger charge is 2.20. The third-order valence-electron chi connectivity index (χ3n) is 4.23. The first-order valence-corrected chi connectivity index (χ1v) is 10.1. The van der Waals surface area contributed by atoms with Crippen molar-refractivity contribution in [2.75, 3.05) is 14.1 Å². The topological polar surface area (TPSA) is 92.8 Å². The predicted molar refractivity (Wildman–Crippen MR) is 105 cm³/mol. The van der Waals surface area contributed by atoms with Crippen LogP contribution in [0.25, 0.3) is 0 Å². The van der Waals surface area contributed by atoms with E-state index in [9.17, 15) is 18.0 Å². The minimum atomic E-state index is -3.57. The smallest absolute Gasteiger partial charge is 0.328 e. The molecule has 0 saturated carbocycles. The van der Waals surface area contributed by atoms with Gasteiger partial charge in [-0.25, -0.2) is 17.5 Å². The summed E-state index contributed by atoms with van der Waals surface area (Å²) < 4.78 is 30.5. The first-order chi connectivity index (χ1) is 13.1. The molecule has 0 spiro atoms. The Labute approximate surface area is 165 Å². The van der Waals surface area contributed by atoms with Crippen LogP contribution in [-0.4, -0.2) is 44.7 Å². The molecule has 0 radical (unpaired) electrons. The first-order valence-electron chi connectivity index (χ1n) is 8.67. The summed E-state index contributed by atoms with van der Waals surface area (Å²) in [6.45, 7) is 3.58. The van der Waals surface area contributed by atoms with Gasteiger partial charge < -0.3 is 10.1 Å². The van der Waals surface area contributed by atoms with E-state index >= 15 is 0 Å². The van der Waals surface area contributed by atoms with Crippen molar-refractivity contribution in [1.29, 1.82) is 0 Å². The van der Waals surface area contributed by atoms with Crippen LogP contribution >= 0.6 is 0 Å². The lowest BCUT2D eigenvalue weighted by molar-refractivity contribution is -0.146. The number of nitrogens with zero attached hydrogens (tertiary/aromatic N) is 1. The Kier molecular flexibility index (Phi) is 6.93. The molecule has 8 heteroatoms. The van der Waals surface area contributed by atoms with Crippen molar-refractivity contribution in [3.63, 3.8) is 0 Å². The van der Waals surface area contributed by atoms with Gasteiger partial charge in [0.2, 0.25) is 10.0 Å². The minimum absolute atomic E-state index is 0.0831. The summed E-state index contributed by atoms with van der Waals surface area (Å²) in [5.41, 5.74) is 2.16. The summed E-state index contributed by atoms with van der Waals surface area (Å²) in [6.07, 6.45) is 0. The zero-order chi connectivity index (χ0) is 20.9. The quantitative estimate of drug-likeness (QED) is 0.714. The molecule has 0 bridgehead atoms. The third kappa shape index (κ3) is 5.17. The number of esters is 1. The van der Waals surface area contributed by atoms with Crippen LogP contribution in [-0.2, 0) is 26.2 Å². The van der Waals surface area contributed by atoms with Gasteiger partial charge in [-0.1, -0.05) is 24.3 Å². The third-order valence-corrected chi connectivity index (χ3v) is 6.06. The maximum Gasteiger partial charge on any atom is 0.328 e. The molecule has 0 saturated heterocycles. The van der Waals surface area contributed by atoms with Crippen molar-refractivity contribution in [3.05, 3.63) is 65.2 Å². The van der Waals surface area contributed by atoms with Gasteiger partial charge in [0.15, 0.2) is 0 Å². The fourth-order valence-electron chi connectivity index (χ4n) is 2.37. The molecule has 1 amide bonds. The minimum Gasteiger partial charge on any atom is -0.459 e. The number of hydrogen-bond acceptors (Lipinski definition) is 5. The molecule has 0 unspecified atom stereocenters. The number of carbonyl (C=O) groups is 2. The predicted octanol–water partition coefficient (Wildman–Crippen LogP) is 2.11. The van der Waals surface area contributed by atoms with Crippen LogP contribution in [0.3, 0.4) is 0 Å². The number of carbonyl (C=O) groups excluding carboxylic acids is 2. The Morgan fingerprint density at radius 3 is 2.25 bits per heavy atom. The van der Waals surface area contributed by atoms with E-state index in [0.717, 1.165) is 15.4 Å². The highest BCUT2D eigenvalue weighted by atomic mass is 32.2. The van der Waals surface area contributed by atoms with Crippen molar-refractivity contribution in [3.8, 4) is 0 Å². The Hall–Kier alpha value is -2.71. The molecular formula is C20H24N2O5S. The van der Waals surface area contributed by atoms with E-state index in [1.54, 1.807) is 0 Å². The Morgan fingerprint density at radius 1 is 1.07 bits per heavy atom. The molecule has 0 aliphatic carbocycles. The van der Waals surface area contributed by atoms with Crippen molar-refractivity contribution < 1.29 is 22.7 Å². The van der Waals surface area contributed by atoms with E-state index < -0.39 is 27.9 Å². The van der Waals surface area contributed by atoms with Gasteiger partial charge in [0.1, 0.15) is 12.6 Å². The Balaban J connectivity index is 1.96. The molecular weight excluding hydrogens is 380 g/mol. The maximum absolute atomic E-state index is 12.3. The van der Waals surface area contributed by atoms with Gasteiger partial charge in [-0.3, -0.25) is 4.79 Å². The molecule has 0 aliphatic heterocycles. The van der Waals surface area contributed by atoms with E-state index in [4.69, 9.17) is 4.74 Å². The summed E-state index contributed by atoms with van der Waals surface area (Å²) >= 11 is 0. The largest absolute Gasteiger partial charge is 0.459 e. The monoisotopic (exact) mass is 404 g/mol. The van der Waals surface area contributed by atoms with Gasteiger partial charge in [0.25, 0.3) is 5.91 Å². The number of benzene rings is 2. The molecule has 0 aromatic heterocycles. The molecule has 1 N–H and O–H groups in total. The summed E-state index contributed by atoms with van der Waals surface area (Å²) in [5.74, 6) is -1.04. The molecule has 2 aromatic carbocycles. The van der Waals surface area contributed by atoms with Gasteiger partial charge in [-0.05, 0) is 49.2 Å². The van der Waals surface area contributed by atoms with Gasteiger partial charge in [-0.2, -0.15) is 0 Å². The number of aryl methyl sites for hydroxylation is 1. The molecule has 2 aromatic rings. The molecule has 0 heterocycles. The fraction of sp³-hybridized carbons (Fsp3) is 0.300. The van der Waals surface area contributed by atoms with Gasteiger partial charge >= 0.3 is 5.97 Å². The fourth-order valence-corrected chi connectivity index (χ4v) is 3.28. The van der Waals surface area contributed by atoms with Crippen LogP contribution in [0.1, 0.15) is 28.4 Å². The highest BCUT2D eigenvalue weighted by molar-refractivity contribution is 7.89. The SMILES string of the molecule is Cc1ccccc1COC(=O)[C@@H](C)NC(=O)c1ccc(S(=O)(=O)N(C)C)cc1. The lowest BCUT2D eigenvalue weighted by Gasteiger charge is -2.15. The molecule has 28 heavy (non-hydrogen) atoms. The van der Waals surface area contributed by atoms with Gasteiger partial charge in [-0.15, -0.1) is 0 Å². The highest BCUT2D eigenvalue weighted by Crippen LogP contribution is 2.14. The second-order valence-electron chi connectivity index (χ2n) is 6.54. The molecule has 0 fully saturated rings. The normalized spacial score (nSPS) is 12.5. The van der Waals surface area contributed by atoms with Crippen LogP contribution in [0.2, 0.25) is 0 Å². The van der Waals surface area contributed by atoms with Crippen LogP contribution in [0, 0.1) is 6.92 Å². The van der Waals surface area contributed by atoms with Crippen molar-refractivity contribution in [2.24, 2.45) is 0 Å². The maximum atomic E-state index is 12.3. The molecule has 7 nitrogen and oxygen atoms in total. The van der Waals surface area contributed by atoms with E-state index in [2.05, 4.69) is 5.32 Å².